The van der Waals surface area contributed by atoms with Gasteiger partial charge in [-0.25, -0.2) is 0 Å². The number of carbonyl (C=O) groups is 3. The summed E-state index contributed by atoms with van der Waals surface area (Å²) < 4.78 is 5.30. The van der Waals surface area contributed by atoms with Crippen molar-refractivity contribution < 1.29 is 19.1 Å². The molecule has 0 bridgehead atoms. The highest BCUT2D eigenvalue weighted by Gasteiger charge is 2.31. The lowest BCUT2D eigenvalue weighted by molar-refractivity contribution is -0.144. The van der Waals surface area contributed by atoms with Gasteiger partial charge in [0.05, 0.1) is 11.6 Å². The first kappa shape index (κ1) is 28.7. The van der Waals surface area contributed by atoms with Gasteiger partial charge in [-0.3, -0.25) is 14.4 Å². The lowest BCUT2D eigenvalue weighted by Gasteiger charge is -2.34. The molecule has 1 aromatic rings. The molecule has 186 valence electrons. The standard InChI is InChI=1S/C27H44N2O4/c1-6-8-9-10-11-12-26(28-21(3)30)25-15-13-24(14-16-25)17-19-27(18-7-2,29-22(4)31)20-33-23(5)32/h13-16,26H,6-12,17-20H2,1-5H3,(H,28,30)(H,29,31). The fourth-order valence-electron chi connectivity index (χ4n) is 4.34. The predicted octanol–water partition coefficient (Wildman–Crippen LogP) is 5.40. The molecule has 1 rings (SSSR count). The maximum atomic E-state index is 11.9. The van der Waals surface area contributed by atoms with Crippen molar-refractivity contribution in [2.75, 3.05) is 6.61 Å². The maximum absolute atomic E-state index is 11.9. The highest BCUT2D eigenvalue weighted by Crippen LogP contribution is 2.24. The van der Waals surface area contributed by atoms with E-state index in [-0.39, 0.29) is 30.4 Å². The van der Waals surface area contributed by atoms with E-state index in [4.69, 9.17) is 4.74 Å². The minimum atomic E-state index is -0.567. The van der Waals surface area contributed by atoms with Gasteiger partial charge in [0.2, 0.25) is 11.8 Å². The van der Waals surface area contributed by atoms with Gasteiger partial charge in [0.25, 0.3) is 0 Å². The Morgan fingerprint density at radius 1 is 0.879 bits per heavy atom. The van der Waals surface area contributed by atoms with Crippen LogP contribution in [-0.2, 0) is 25.5 Å². The number of ether oxygens (including phenoxy) is 1. The van der Waals surface area contributed by atoms with E-state index < -0.39 is 5.54 Å². The first-order chi connectivity index (χ1) is 15.7. The number of benzene rings is 1. The SMILES string of the molecule is CCCCCCCC(NC(C)=O)c1ccc(CCC(CCC)(COC(C)=O)NC(C)=O)cc1. The normalized spacial score (nSPS) is 13.6. The second-order valence-corrected chi connectivity index (χ2v) is 9.19. The highest BCUT2D eigenvalue weighted by molar-refractivity contribution is 5.74. The lowest BCUT2D eigenvalue weighted by atomic mass is 9.87. The summed E-state index contributed by atoms with van der Waals surface area (Å²) >= 11 is 0. The Balaban J connectivity index is 2.85. The van der Waals surface area contributed by atoms with Gasteiger partial charge in [0, 0.05) is 20.8 Å². The minimum Gasteiger partial charge on any atom is -0.463 e. The van der Waals surface area contributed by atoms with Gasteiger partial charge in [0.1, 0.15) is 6.61 Å². The van der Waals surface area contributed by atoms with E-state index in [1.807, 2.05) is 0 Å². The molecule has 0 aliphatic heterocycles. The Morgan fingerprint density at radius 3 is 2.09 bits per heavy atom. The van der Waals surface area contributed by atoms with Crippen molar-refractivity contribution in [3.05, 3.63) is 35.4 Å². The third kappa shape index (κ3) is 11.9. The topological polar surface area (TPSA) is 84.5 Å². The molecule has 0 radical (unpaired) electrons. The minimum absolute atomic E-state index is 0.0113. The van der Waals surface area contributed by atoms with Crippen LogP contribution in [0.4, 0.5) is 0 Å². The van der Waals surface area contributed by atoms with E-state index in [0.717, 1.165) is 43.2 Å². The molecule has 1 aromatic carbocycles. The second kappa shape index (κ2) is 15.5. The van der Waals surface area contributed by atoms with E-state index in [0.29, 0.717) is 6.42 Å². The van der Waals surface area contributed by atoms with Crippen LogP contribution in [0.2, 0.25) is 0 Å². The Labute approximate surface area is 200 Å². The molecule has 6 nitrogen and oxygen atoms in total. The van der Waals surface area contributed by atoms with Gasteiger partial charge < -0.3 is 15.4 Å². The number of hydrogen-bond donors (Lipinski definition) is 2. The van der Waals surface area contributed by atoms with Crippen LogP contribution >= 0.6 is 0 Å². The molecule has 2 atom stereocenters. The van der Waals surface area contributed by atoms with Gasteiger partial charge in [-0.15, -0.1) is 0 Å². The summed E-state index contributed by atoms with van der Waals surface area (Å²) in [6, 6.07) is 8.40. The third-order valence-electron chi connectivity index (χ3n) is 5.97. The molecule has 0 aliphatic rings. The number of unbranched alkanes of at least 4 members (excludes halogenated alkanes) is 4. The van der Waals surface area contributed by atoms with E-state index in [1.54, 1.807) is 6.92 Å². The summed E-state index contributed by atoms with van der Waals surface area (Å²) in [5.41, 5.74) is 1.70. The van der Waals surface area contributed by atoms with E-state index in [1.165, 1.54) is 39.5 Å². The van der Waals surface area contributed by atoms with Crippen LogP contribution in [0.3, 0.4) is 0 Å². The number of esters is 1. The largest absolute Gasteiger partial charge is 0.463 e. The number of nitrogens with one attached hydrogen (secondary N) is 2. The van der Waals surface area contributed by atoms with Crippen LogP contribution in [0, 0.1) is 0 Å². The average Bonchev–Trinajstić information content (AvgIpc) is 2.75. The number of hydrogen-bond acceptors (Lipinski definition) is 4. The van der Waals surface area contributed by atoms with Crippen LogP contribution in [-0.4, -0.2) is 29.9 Å². The van der Waals surface area contributed by atoms with Gasteiger partial charge in [-0.2, -0.15) is 0 Å². The molecule has 0 fully saturated rings. The first-order valence-corrected chi connectivity index (χ1v) is 12.5. The average molecular weight is 461 g/mol. The van der Waals surface area contributed by atoms with Gasteiger partial charge in [-0.05, 0) is 36.8 Å². The molecular formula is C27H44N2O4. The van der Waals surface area contributed by atoms with Crippen LogP contribution in [0.15, 0.2) is 24.3 Å². The van der Waals surface area contributed by atoms with Crippen LogP contribution in [0.1, 0.15) is 110 Å². The molecule has 2 N–H and O–H groups in total. The summed E-state index contributed by atoms with van der Waals surface area (Å²) in [4.78, 5) is 35.0. The highest BCUT2D eigenvalue weighted by atomic mass is 16.5. The second-order valence-electron chi connectivity index (χ2n) is 9.19. The van der Waals surface area contributed by atoms with Crippen LogP contribution < -0.4 is 10.6 Å². The summed E-state index contributed by atoms with van der Waals surface area (Å²) in [5, 5.41) is 6.14. The number of carbonyl (C=O) groups excluding carboxylic acids is 3. The quantitative estimate of drug-likeness (QED) is 0.256. The molecular weight excluding hydrogens is 416 g/mol. The molecule has 2 amide bonds. The monoisotopic (exact) mass is 460 g/mol. The Hall–Kier alpha value is -2.37. The summed E-state index contributed by atoms with van der Waals surface area (Å²) in [5.74, 6) is -0.477. The molecule has 6 heteroatoms. The molecule has 2 unspecified atom stereocenters. The lowest BCUT2D eigenvalue weighted by Crippen LogP contribution is -2.51. The Bertz CT molecular complexity index is 732. The predicted molar refractivity (Wildman–Crippen MR) is 133 cm³/mol. The van der Waals surface area contributed by atoms with Crippen LogP contribution in [0.25, 0.3) is 0 Å². The fraction of sp³-hybridized carbons (Fsp3) is 0.667. The van der Waals surface area contributed by atoms with Crippen molar-refractivity contribution >= 4 is 17.8 Å². The zero-order chi connectivity index (χ0) is 24.7. The molecule has 0 heterocycles. The molecule has 0 saturated carbocycles. The van der Waals surface area contributed by atoms with E-state index in [2.05, 4.69) is 48.7 Å². The third-order valence-corrected chi connectivity index (χ3v) is 5.97. The van der Waals surface area contributed by atoms with Crippen molar-refractivity contribution in [1.29, 1.82) is 0 Å². The zero-order valence-electron chi connectivity index (χ0n) is 21.3. The molecule has 33 heavy (non-hydrogen) atoms. The van der Waals surface area contributed by atoms with Crippen molar-refractivity contribution in [2.24, 2.45) is 0 Å². The van der Waals surface area contributed by atoms with Crippen molar-refractivity contribution in [1.82, 2.24) is 10.6 Å². The van der Waals surface area contributed by atoms with Crippen molar-refractivity contribution in [3.8, 4) is 0 Å². The maximum Gasteiger partial charge on any atom is 0.302 e. The molecule has 0 saturated heterocycles. The molecule has 0 spiro atoms. The number of aryl methyl sites for hydroxylation is 1. The summed E-state index contributed by atoms with van der Waals surface area (Å²) in [7, 11) is 0. The van der Waals surface area contributed by atoms with E-state index in [9.17, 15) is 14.4 Å². The number of amides is 2. The van der Waals surface area contributed by atoms with Gasteiger partial charge in [0.15, 0.2) is 0 Å². The Kier molecular flexibility index (Phi) is 13.4. The smallest absolute Gasteiger partial charge is 0.302 e. The number of rotatable bonds is 16. The molecule has 0 aromatic heterocycles. The first-order valence-electron chi connectivity index (χ1n) is 12.5. The van der Waals surface area contributed by atoms with E-state index >= 15 is 0 Å². The molecule has 0 aliphatic carbocycles. The Morgan fingerprint density at radius 2 is 1.55 bits per heavy atom. The fourth-order valence-corrected chi connectivity index (χ4v) is 4.34. The van der Waals surface area contributed by atoms with Gasteiger partial charge >= 0.3 is 5.97 Å². The van der Waals surface area contributed by atoms with Crippen molar-refractivity contribution in [3.63, 3.8) is 0 Å². The van der Waals surface area contributed by atoms with Gasteiger partial charge in [-0.1, -0.05) is 76.6 Å². The van der Waals surface area contributed by atoms with Crippen LogP contribution in [0.5, 0.6) is 0 Å². The zero-order valence-corrected chi connectivity index (χ0v) is 21.3. The summed E-state index contributed by atoms with van der Waals surface area (Å²) in [6.07, 6.45) is 9.98. The summed E-state index contributed by atoms with van der Waals surface area (Å²) in [6.45, 7) is 8.90. The van der Waals surface area contributed by atoms with Crippen molar-refractivity contribution in [2.45, 2.75) is 110 Å².